The zero-order chi connectivity index (χ0) is 17.6. The average Bonchev–Trinajstić information content (AvgIpc) is 3.24. The molecule has 0 unspecified atom stereocenters. The van der Waals surface area contributed by atoms with Crippen LogP contribution in [0.25, 0.3) is 10.6 Å². The number of nitrogens with one attached hydrogen (secondary N) is 1. The molecule has 25 heavy (non-hydrogen) atoms. The van der Waals surface area contributed by atoms with E-state index < -0.39 is 0 Å². The van der Waals surface area contributed by atoms with Gasteiger partial charge in [-0.1, -0.05) is 29.8 Å². The van der Waals surface area contributed by atoms with Crippen molar-refractivity contribution in [3.05, 3.63) is 40.9 Å². The predicted octanol–water partition coefficient (Wildman–Crippen LogP) is 2.69. The molecular formula is C19H26N4OS. The monoisotopic (exact) mass is 358 g/mol. The zero-order valence-corrected chi connectivity index (χ0v) is 15.7. The maximum absolute atomic E-state index is 9.72. The summed E-state index contributed by atoms with van der Waals surface area (Å²) < 4.78 is 0. The van der Waals surface area contributed by atoms with Gasteiger partial charge in [-0.05, 0) is 20.3 Å². The molecule has 1 fully saturated rings. The number of β-amino-alcohol motifs (C(OH)–C–C–N with tert-alkyl or cyclic N) is 1. The van der Waals surface area contributed by atoms with Crippen LogP contribution in [0.5, 0.6) is 0 Å². The first kappa shape index (κ1) is 17.9. The van der Waals surface area contributed by atoms with Crippen LogP contribution in [0, 0.1) is 6.92 Å². The number of aliphatic imine (C=N–C) groups is 1. The second-order valence-electron chi connectivity index (χ2n) is 6.38. The summed E-state index contributed by atoms with van der Waals surface area (Å²) in [6.07, 6.45) is 1.41. The van der Waals surface area contributed by atoms with E-state index in [0.717, 1.165) is 42.6 Å². The Morgan fingerprint density at radius 3 is 2.88 bits per heavy atom. The number of hydrogen-bond donors (Lipinski definition) is 2. The Balaban J connectivity index is 1.59. The third kappa shape index (κ3) is 4.80. The van der Waals surface area contributed by atoms with Crippen LogP contribution in [0.15, 0.2) is 34.6 Å². The highest BCUT2D eigenvalue weighted by molar-refractivity contribution is 7.13. The lowest BCUT2D eigenvalue weighted by Gasteiger charge is -2.20. The van der Waals surface area contributed by atoms with Gasteiger partial charge < -0.3 is 15.3 Å². The number of aliphatic hydroxyl groups excluding tert-OH is 1. The standard InChI is InChI=1S/C19H26N4OS/c1-3-20-19(23-11-9-17(24)12-23)21-10-8-16-13-25-18(22-16)15-6-4-14(2)5-7-15/h4-7,13,17,24H,3,8-12H2,1-2H3,(H,20,21)/t17-/m1/s1. The lowest BCUT2D eigenvalue weighted by atomic mass is 10.2. The number of hydrogen-bond acceptors (Lipinski definition) is 4. The number of aryl methyl sites for hydroxylation is 1. The number of likely N-dealkylation sites (tertiary alicyclic amines) is 1. The normalized spacial score (nSPS) is 18.0. The summed E-state index contributed by atoms with van der Waals surface area (Å²) in [7, 11) is 0. The molecule has 0 saturated carbocycles. The van der Waals surface area contributed by atoms with Crippen LogP contribution >= 0.6 is 11.3 Å². The van der Waals surface area contributed by atoms with Crippen LogP contribution in [0.2, 0.25) is 0 Å². The Morgan fingerprint density at radius 1 is 1.40 bits per heavy atom. The van der Waals surface area contributed by atoms with Crippen molar-refractivity contribution >= 4 is 17.3 Å². The van der Waals surface area contributed by atoms with E-state index in [-0.39, 0.29) is 6.10 Å². The number of benzene rings is 1. The van der Waals surface area contributed by atoms with Crippen molar-refractivity contribution in [1.82, 2.24) is 15.2 Å². The Labute approximate surface area is 153 Å². The van der Waals surface area contributed by atoms with Crippen LogP contribution in [0.1, 0.15) is 24.6 Å². The number of thiazole rings is 1. The highest BCUT2D eigenvalue weighted by Crippen LogP contribution is 2.24. The van der Waals surface area contributed by atoms with Gasteiger partial charge in [0.2, 0.25) is 0 Å². The largest absolute Gasteiger partial charge is 0.391 e. The molecule has 1 atom stereocenters. The number of nitrogens with zero attached hydrogens (tertiary/aromatic N) is 3. The van der Waals surface area contributed by atoms with Crippen LogP contribution < -0.4 is 5.32 Å². The molecule has 0 spiro atoms. The minimum atomic E-state index is -0.237. The lowest BCUT2D eigenvalue weighted by Crippen LogP contribution is -2.40. The quantitative estimate of drug-likeness (QED) is 0.637. The van der Waals surface area contributed by atoms with Gasteiger partial charge in [-0.3, -0.25) is 4.99 Å². The minimum Gasteiger partial charge on any atom is -0.391 e. The molecule has 0 amide bonds. The summed E-state index contributed by atoms with van der Waals surface area (Å²) >= 11 is 1.68. The second-order valence-corrected chi connectivity index (χ2v) is 7.24. The van der Waals surface area contributed by atoms with E-state index >= 15 is 0 Å². The fourth-order valence-electron chi connectivity index (χ4n) is 2.89. The van der Waals surface area contributed by atoms with E-state index in [9.17, 15) is 5.11 Å². The van der Waals surface area contributed by atoms with Gasteiger partial charge in [0.25, 0.3) is 0 Å². The zero-order valence-electron chi connectivity index (χ0n) is 14.9. The maximum Gasteiger partial charge on any atom is 0.194 e. The lowest BCUT2D eigenvalue weighted by molar-refractivity contribution is 0.188. The Hall–Kier alpha value is -1.92. The van der Waals surface area contributed by atoms with E-state index in [0.29, 0.717) is 13.1 Å². The van der Waals surface area contributed by atoms with E-state index in [1.54, 1.807) is 11.3 Å². The average molecular weight is 359 g/mol. The summed E-state index contributed by atoms with van der Waals surface area (Å²) in [5, 5.41) is 16.2. The summed E-state index contributed by atoms with van der Waals surface area (Å²) in [6, 6.07) is 8.48. The molecule has 1 aliphatic heterocycles. The molecule has 6 heteroatoms. The van der Waals surface area contributed by atoms with Crippen molar-refractivity contribution in [3.8, 4) is 10.6 Å². The van der Waals surface area contributed by atoms with Gasteiger partial charge >= 0.3 is 0 Å². The topological polar surface area (TPSA) is 60.8 Å². The molecule has 5 nitrogen and oxygen atoms in total. The van der Waals surface area contributed by atoms with E-state index in [2.05, 4.69) is 53.7 Å². The van der Waals surface area contributed by atoms with Crippen LogP contribution in [-0.2, 0) is 6.42 Å². The van der Waals surface area contributed by atoms with Crippen molar-refractivity contribution in [2.24, 2.45) is 4.99 Å². The molecule has 1 aromatic heterocycles. The molecule has 0 radical (unpaired) electrons. The van der Waals surface area contributed by atoms with Gasteiger partial charge in [-0.2, -0.15) is 0 Å². The van der Waals surface area contributed by atoms with Gasteiger partial charge in [-0.25, -0.2) is 4.98 Å². The van der Waals surface area contributed by atoms with Crippen molar-refractivity contribution in [2.75, 3.05) is 26.2 Å². The molecule has 1 aliphatic rings. The Bertz CT molecular complexity index is 710. The van der Waals surface area contributed by atoms with Gasteiger partial charge in [0, 0.05) is 43.5 Å². The molecule has 0 bridgehead atoms. The Morgan fingerprint density at radius 2 is 2.20 bits per heavy atom. The van der Waals surface area contributed by atoms with Crippen molar-refractivity contribution in [3.63, 3.8) is 0 Å². The highest BCUT2D eigenvalue weighted by atomic mass is 32.1. The van der Waals surface area contributed by atoms with Gasteiger partial charge in [0.1, 0.15) is 5.01 Å². The van der Waals surface area contributed by atoms with E-state index in [1.165, 1.54) is 11.1 Å². The van der Waals surface area contributed by atoms with Crippen molar-refractivity contribution < 1.29 is 5.11 Å². The molecule has 3 rings (SSSR count). The molecule has 2 aromatic rings. The van der Waals surface area contributed by atoms with Crippen molar-refractivity contribution in [2.45, 2.75) is 32.8 Å². The molecule has 0 aliphatic carbocycles. The van der Waals surface area contributed by atoms with Gasteiger partial charge in [0.15, 0.2) is 5.96 Å². The van der Waals surface area contributed by atoms with Crippen LogP contribution in [0.4, 0.5) is 0 Å². The number of aliphatic hydroxyl groups is 1. The highest BCUT2D eigenvalue weighted by Gasteiger charge is 2.22. The third-order valence-electron chi connectivity index (χ3n) is 4.28. The Kier molecular flexibility index (Phi) is 6.04. The molecule has 1 aromatic carbocycles. The first-order chi connectivity index (χ1) is 12.2. The summed E-state index contributed by atoms with van der Waals surface area (Å²) in [5.41, 5.74) is 3.52. The molecule has 134 valence electrons. The van der Waals surface area contributed by atoms with Crippen LogP contribution in [0.3, 0.4) is 0 Å². The fraction of sp³-hybridized carbons (Fsp3) is 0.474. The first-order valence-electron chi connectivity index (χ1n) is 8.88. The third-order valence-corrected chi connectivity index (χ3v) is 5.22. The molecule has 2 heterocycles. The molecule has 1 saturated heterocycles. The summed E-state index contributed by atoms with van der Waals surface area (Å²) in [5.74, 6) is 0.896. The number of aromatic nitrogens is 1. The first-order valence-corrected chi connectivity index (χ1v) is 9.76. The predicted molar refractivity (Wildman–Crippen MR) is 104 cm³/mol. The SMILES string of the molecule is CCNC(=NCCc1csc(-c2ccc(C)cc2)n1)N1CC[C@@H](O)C1. The van der Waals surface area contributed by atoms with E-state index in [1.807, 2.05) is 0 Å². The second kappa shape index (κ2) is 8.45. The number of guanidine groups is 1. The molecule has 2 N–H and O–H groups in total. The minimum absolute atomic E-state index is 0.237. The van der Waals surface area contributed by atoms with Gasteiger partial charge in [-0.15, -0.1) is 11.3 Å². The van der Waals surface area contributed by atoms with Crippen molar-refractivity contribution in [1.29, 1.82) is 0 Å². The summed E-state index contributed by atoms with van der Waals surface area (Å²) in [4.78, 5) is 11.6. The maximum atomic E-state index is 9.72. The summed E-state index contributed by atoms with van der Waals surface area (Å²) in [6.45, 7) is 7.22. The smallest absolute Gasteiger partial charge is 0.194 e. The fourth-order valence-corrected chi connectivity index (χ4v) is 3.75. The van der Waals surface area contributed by atoms with Gasteiger partial charge in [0.05, 0.1) is 11.8 Å². The van der Waals surface area contributed by atoms with E-state index in [4.69, 9.17) is 9.98 Å². The van der Waals surface area contributed by atoms with Crippen LogP contribution in [-0.4, -0.2) is 53.2 Å². The molecular weight excluding hydrogens is 332 g/mol. The number of rotatable bonds is 5.